The zero-order chi connectivity index (χ0) is 29.1. The van der Waals surface area contributed by atoms with Gasteiger partial charge in [-0.15, -0.1) is 0 Å². The van der Waals surface area contributed by atoms with Crippen molar-refractivity contribution in [1.29, 1.82) is 0 Å². The second kappa shape index (κ2) is 37.4. The Morgan fingerprint density at radius 2 is 0.667 bits per heavy atom. The van der Waals surface area contributed by atoms with Gasteiger partial charge in [0.25, 0.3) is 0 Å². The van der Waals surface area contributed by atoms with Crippen LogP contribution >= 0.6 is 0 Å². The van der Waals surface area contributed by atoms with Crippen LogP contribution in [0.15, 0.2) is 0 Å². The summed E-state index contributed by atoms with van der Waals surface area (Å²) in [4.78, 5) is 12.9. The molecule has 3 heteroatoms. The van der Waals surface area contributed by atoms with Gasteiger partial charge in [-0.3, -0.25) is 4.79 Å². The number of unbranched alkanes of at least 4 members (excludes halogenated alkanes) is 25. The first-order valence-corrected chi connectivity index (χ1v) is 18.1. The molecule has 0 heterocycles. The minimum Gasteiger partial charge on any atom is -0.481 e. The Morgan fingerprint density at radius 3 is 0.923 bits per heavy atom. The summed E-state index contributed by atoms with van der Waals surface area (Å²) in [7, 11) is 0. The van der Waals surface area contributed by atoms with E-state index in [1.54, 1.807) is 0 Å². The van der Waals surface area contributed by atoms with E-state index < -0.39 is 5.97 Å². The van der Waals surface area contributed by atoms with E-state index in [2.05, 4.69) is 32.6 Å². The highest BCUT2D eigenvalue weighted by Crippen LogP contribution is 2.14. The van der Waals surface area contributed by atoms with Crippen molar-refractivity contribution >= 4 is 5.97 Å². The van der Waals surface area contributed by atoms with E-state index in [4.69, 9.17) is 5.11 Å². The van der Waals surface area contributed by atoms with Crippen LogP contribution in [0, 0.1) is 0 Å². The van der Waals surface area contributed by atoms with Crippen molar-refractivity contribution in [2.75, 3.05) is 19.6 Å². The first-order chi connectivity index (χ1) is 19.1. The van der Waals surface area contributed by atoms with Crippen LogP contribution in [-0.4, -0.2) is 35.6 Å². The van der Waals surface area contributed by atoms with E-state index in [1.165, 1.54) is 180 Å². The number of carboxylic acid groups (broad SMARTS) is 1. The summed E-state index contributed by atoms with van der Waals surface area (Å²) in [6, 6.07) is 0. The first kappa shape index (κ1) is 40.6. The molecule has 0 bridgehead atoms. The van der Waals surface area contributed by atoms with Gasteiger partial charge in [0.1, 0.15) is 0 Å². The molecule has 236 valence electrons. The van der Waals surface area contributed by atoms with E-state index in [9.17, 15) is 4.79 Å². The van der Waals surface area contributed by atoms with Crippen molar-refractivity contribution in [3.63, 3.8) is 0 Å². The van der Waals surface area contributed by atoms with Crippen molar-refractivity contribution in [2.45, 2.75) is 207 Å². The van der Waals surface area contributed by atoms with Crippen LogP contribution in [0.2, 0.25) is 0 Å². The maximum absolute atomic E-state index is 10.3. The maximum Gasteiger partial charge on any atom is 0.303 e. The molecule has 0 fully saturated rings. The molecule has 0 amide bonds. The van der Waals surface area contributed by atoms with Crippen LogP contribution < -0.4 is 0 Å². The van der Waals surface area contributed by atoms with Crippen molar-refractivity contribution < 1.29 is 9.90 Å². The largest absolute Gasteiger partial charge is 0.481 e. The molecule has 0 spiro atoms. The molecule has 0 aromatic carbocycles. The Morgan fingerprint density at radius 1 is 0.410 bits per heavy atom. The topological polar surface area (TPSA) is 40.5 Å². The zero-order valence-corrected chi connectivity index (χ0v) is 27.7. The standard InChI is InChI=1S/C18H39N.C18H36O2/c1-4-7-8-9-10-11-12-13-14-15-16-17-18-19(5-2)6-3;1-2-3-4-5-6-7-8-9-10-11-12-13-14-15-16-17-18(19)20/h4-18H2,1-3H3;2-17H2,1H3,(H,19,20). The van der Waals surface area contributed by atoms with Crippen molar-refractivity contribution in [3.8, 4) is 0 Å². The minimum absolute atomic E-state index is 0.345. The molecule has 0 aromatic heterocycles. The molecule has 0 atom stereocenters. The highest BCUT2D eigenvalue weighted by molar-refractivity contribution is 5.66. The van der Waals surface area contributed by atoms with Gasteiger partial charge in [-0.2, -0.15) is 0 Å². The molecular weight excluding hydrogens is 478 g/mol. The van der Waals surface area contributed by atoms with Crippen LogP contribution in [0.1, 0.15) is 207 Å². The third kappa shape index (κ3) is 39.6. The summed E-state index contributed by atoms with van der Waals surface area (Å²) in [5, 5.41) is 8.52. The molecule has 0 unspecified atom stereocenters. The lowest BCUT2D eigenvalue weighted by molar-refractivity contribution is -0.137. The molecule has 0 aliphatic rings. The normalized spacial score (nSPS) is 11.1. The summed E-state index contributed by atoms with van der Waals surface area (Å²) < 4.78 is 0. The SMILES string of the molecule is CCCCCCCCCCCCCCCCCC(=O)O.CCCCCCCCCCCCCCN(CC)CC. The van der Waals surface area contributed by atoms with Gasteiger partial charge in [0.15, 0.2) is 0 Å². The Hall–Kier alpha value is -0.570. The molecule has 0 radical (unpaired) electrons. The molecule has 0 saturated heterocycles. The van der Waals surface area contributed by atoms with Gasteiger partial charge in [0.05, 0.1) is 0 Å². The zero-order valence-electron chi connectivity index (χ0n) is 27.7. The molecular formula is C36H75NO2. The monoisotopic (exact) mass is 554 g/mol. The third-order valence-corrected chi connectivity index (χ3v) is 8.22. The van der Waals surface area contributed by atoms with Gasteiger partial charge in [0, 0.05) is 6.42 Å². The van der Waals surface area contributed by atoms with Crippen molar-refractivity contribution in [3.05, 3.63) is 0 Å². The number of rotatable bonds is 31. The maximum atomic E-state index is 10.3. The van der Waals surface area contributed by atoms with Crippen LogP contribution in [0.25, 0.3) is 0 Å². The fourth-order valence-electron chi connectivity index (χ4n) is 5.36. The summed E-state index contributed by atoms with van der Waals surface area (Å²) in [6.45, 7) is 12.8. The minimum atomic E-state index is -0.653. The fraction of sp³-hybridized carbons (Fsp3) is 0.972. The van der Waals surface area contributed by atoms with Crippen molar-refractivity contribution in [1.82, 2.24) is 4.90 Å². The van der Waals surface area contributed by atoms with E-state index in [0.29, 0.717) is 6.42 Å². The predicted octanol–water partition coefficient (Wildman–Crippen LogP) is 12.4. The van der Waals surface area contributed by atoms with Gasteiger partial charge >= 0.3 is 5.97 Å². The average molecular weight is 554 g/mol. The summed E-state index contributed by atoms with van der Waals surface area (Å²) in [5.74, 6) is -0.653. The number of hydrogen-bond donors (Lipinski definition) is 1. The molecule has 39 heavy (non-hydrogen) atoms. The number of aliphatic carboxylic acids is 1. The van der Waals surface area contributed by atoms with Crippen molar-refractivity contribution in [2.24, 2.45) is 0 Å². The Labute approximate surface area is 247 Å². The van der Waals surface area contributed by atoms with Crippen LogP contribution in [0.4, 0.5) is 0 Å². The highest BCUT2D eigenvalue weighted by atomic mass is 16.4. The lowest BCUT2D eigenvalue weighted by Crippen LogP contribution is -2.23. The molecule has 1 N–H and O–H groups in total. The summed E-state index contributed by atoms with van der Waals surface area (Å²) >= 11 is 0. The van der Waals surface area contributed by atoms with E-state index in [1.807, 2.05) is 0 Å². The Bertz CT molecular complexity index is 436. The molecule has 0 saturated carbocycles. The second-order valence-corrected chi connectivity index (χ2v) is 12.0. The quantitative estimate of drug-likeness (QED) is 0.0868. The number of carbonyl (C=O) groups is 1. The number of carboxylic acids is 1. The molecule has 3 nitrogen and oxygen atoms in total. The van der Waals surface area contributed by atoms with Gasteiger partial charge in [-0.05, 0) is 32.5 Å². The lowest BCUT2D eigenvalue weighted by Gasteiger charge is -2.17. The second-order valence-electron chi connectivity index (χ2n) is 12.0. The highest BCUT2D eigenvalue weighted by Gasteiger charge is 1.99. The van der Waals surface area contributed by atoms with Gasteiger partial charge < -0.3 is 10.0 Å². The van der Waals surface area contributed by atoms with E-state index in [0.717, 1.165) is 12.8 Å². The molecule has 0 aliphatic carbocycles. The fourth-order valence-corrected chi connectivity index (χ4v) is 5.36. The Kier molecular flexibility index (Phi) is 38.9. The number of nitrogens with zero attached hydrogens (tertiary/aromatic N) is 1. The van der Waals surface area contributed by atoms with Gasteiger partial charge in [-0.1, -0.05) is 188 Å². The van der Waals surface area contributed by atoms with Gasteiger partial charge in [-0.25, -0.2) is 0 Å². The molecule has 0 rings (SSSR count). The predicted molar refractivity (Wildman–Crippen MR) is 176 cm³/mol. The van der Waals surface area contributed by atoms with Crippen LogP contribution in [0.5, 0.6) is 0 Å². The van der Waals surface area contributed by atoms with E-state index >= 15 is 0 Å². The average Bonchev–Trinajstić information content (AvgIpc) is 2.94. The van der Waals surface area contributed by atoms with E-state index in [-0.39, 0.29) is 0 Å². The van der Waals surface area contributed by atoms with Crippen LogP contribution in [0.3, 0.4) is 0 Å². The lowest BCUT2D eigenvalue weighted by atomic mass is 10.0. The first-order valence-electron chi connectivity index (χ1n) is 18.1. The molecule has 0 aromatic rings. The Balaban J connectivity index is 0. The summed E-state index contributed by atoms with van der Waals surface area (Å²) in [5.41, 5.74) is 0. The smallest absolute Gasteiger partial charge is 0.303 e. The third-order valence-electron chi connectivity index (χ3n) is 8.22. The van der Waals surface area contributed by atoms with Gasteiger partial charge in [0.2, 0.25) is 0 Å². The van der Waals surface area contributed by atoms with Crippen LogP contribution in [-0.2, 0) is 4.79 Å². The summed E-state index contributed by atoms with van der Waals surface area (Å²) in [6.07, 6.45) is 37.6. The number of hydrogen-bond acceptors (Lipinski definition) is 2. The molecule has 0 aliphatic heterocycles.